The van der Waals surface area contributed by atoms with Crippen LogP contribution in [0.5, 0.6) is 11.5 Å². The Morgan fingerprint density at radius 2 is 1.40 bits per heavy atom. The Bertz CT molecular complexity index is 1630. The molecule has 12 nitrogen and oxygen atoms in total. The number of ether oxygens (including phenoxy) is 1. The van der Waals surface area contributed by atoms with E-state index in [4.69, 9.17) is 14.6 Å². The number of nitrogens with one attached hydrogen (secondary N) is 3. The van der Waals surface area contributed by atoms with Crippen molar-refractivity contribution >= 4 is 29.6 Å². The number of amides is 3. The lowest BCUT2D eigenvalue weighted by Crippen LogP contribution is -2.52. The highest BCUT2D eigenvalue weighted by atomic mass is 19.4. The molecule has 52 heavy (non-hydrogen) atoms. The number of aromatic hydroxyl groups is 2. The first kappa shape index (κ1) is 39.5. The van der Waals surface area contributed by atoms with Crippen LogP contribution in [0, 0.1) is 5.92 Å². The summed E-state index contributed by atoms with van der Waals surface area (Å²) in [5.41, 5.74) is 2.75. The van der Waals surface area contributed by atoms with E-state index in [0.717, 1.165) is 36.9 Å². The number of nitrogens with zero attached hydrogens (tertiary/aromatic N) is 1. The van der Waals surface area contributed by atoms with Crippen molar-refractivity contribution in [2.45, 2.75) is 69.8 Å². The molecule has 1 aliphatic heterocycles. The zero-order valence-electron chi connectivity index (χ0n) is 28.4. The van der Waals surface area contributed by atoms with Gasteiger partial charge in [0.15, 0.2) is 0 Å². The predicted molar refractivity (Wildman–Crippen MR) is 185 cm³/mol. The average Bonchev–Trinajstić information content (AvgIpc) is 3.55. The maximum absolute atomic E-state index is 13.5. The fourth-order valence-electron chi connectivity index (χ4n) is 5.98. The zero-order chi connectivity index (χ0) is 37.7. The van der Waals surface area contributed by atoms with E-state index >= 15 is 0 Å². The topological polar surface area (TPSA) is 178 Å². The van der Waals surface area contributed by atoms with Gasteiger partial charge in [0.05, 0.1) is 12.2 Å². The van der Waals surface area contributed by atoms with Crippen molar-refractivity contribution in [3.05, 3.63) is 89.5 Å². The number of carbonyl (C=O) groups excluding carboxylic acids is 3. The van der Waals surface area contributed by atoms with E-state index in [1.54, 1.807) is 60.7 Å². The number of hydrogen-bond acceptors (Lipinski definition) is 8. The van der Waals surface area contributed by atoms with Gasteiger partial charge >= 0.3 is 24.1 Å². The first-order valence-electron chi connectivity index (χ1n) is 17.0. The molecule has 5 rings (SSSR count). The van der Waals surface area contributed by atoms with Crippen molar-refractivity contribution in [3.63, 3.8) is 0 Å². The van der Waals surface area contributed by atoms with Crippen LogP contribution >= 0.6 is 0 Å². The molecule has 0 radical (unpaired) electrons. The number of carbonyl (C=O) groups is 4. The summed E-state index contributed by atoms with van der Waals surface area (Å²) in [5, 5.41) is 35.0. The number of carboxylic acid groups (broad SMARTS) is 1. The second-order valence-electron chi connectivity index (χ2n) is 12.9. The number of alkyl halides is 3. The molecular formula is C37H43F3N4O8. The second kappa shape index (κ2) is 18.8. The molecule has 2 fully saturated rings. The number of rotatable bonds is 11. The summed E-state index contributed by atoms with van der Waals surface area (Å²) < 4.78 is 37.3. The van der Waals surface area contributed by atoms with Gasteiger partial charge in [-0.25, -0.2) is 14.4 Å². The number of phenols is 2. The molecule has 1 saturated heterocycles. The standard InChI is InChI=1S/C35H42N4O6.C2HF3O2/c40-30-14-6-24(7-15-30)20-32(33(42)36-29-18-19-39(22-29)21-25-8-16-31(41)17-9-25)38-35(44)37-28-12-10-27(11-13-28)34(43)45-23-26-4-2-1-3-5-26;3-2(4,5)1(6)7/h6-17,26,29,32,40-41H,1-5,18-23H2,(H,36,42)(H2,37,38,44);(H,6,7)/t29?,32-;/m0./s1. The van der Waals surface area contributed by atoms with Crippen molar-refractivity contribution in [2.24, 2.45) is 5.92 Å². The molecule has 2 aliphatic rings. The lowest BCUT2D eigenvalue weighted by atomic mass is 9.90. The minimum absolute atomic E-state index is 0.0767. The molecule has 0 bridgehead atoms. The molecule has 3 aromatic carbocycles. The fraction of sp³-hybridized carbons (Fsp3) is 0.405. The molecule has 0 spiro atoms. The largest absolute Gasteiger partial charge is 0.508 e. The zero-order valence-corrected chi connectivity index (χ0v) is 28.4. The van der Waals surface area contributed by atoms with Crippen molar-refractivity contribution in [1.82, 2.24) is 15.5 Å². The molecule has 2 atom stereocenters. The van der Waals surface area contributed by atoms with Crippen LogP contribution in [-0.4, -0.2) is 82.1 Å². The summed E-state index contributed by atoms with van der Waals surface area (Å²) in [6, 6.07) is 18.6. The van der Waals surface area contributed by atoms with Crippen molar-refractivity contribution < 1.29 is 52.4 Å². The molecule has 3 aromatic rings. The lowest BCUT2D eigenvalue weighted by molar-refractivity contribution is -0.192. The summed E-state index contributed by atoms with van der Waals surface area (Å²) in [5.74, 6) is -2.67. The van der Waals surface area contributed by atoms with Crippen LogP contribution in [0.2, 0.25) is 0 Å². The van der Waals surface area contributed by atoms with Crippen LogP contribution < -0.4 is 16.0 Å². The number of aliphatic carboxylic acids is 1. The van der Waals surface area contributed by atoms with Crippen molar-refractivity contribution in [2.75, 3.05) is 25.0 Å². The van der Waals surface area contributed by atoms with E-state index in [0.29, 0.717) is 36.9 Å². The molecule has 280 valence electrons. The van der Waals surface area contributed by atoms with E-state index in [-0.39, 0.29) is 35.8 Å². The maximum Gasteiger partial charge on any atom is 0.490 e. The van der Waals surface area contributed by atoms with E-state index < -0.39 is 24.2 Å². The minimum atomic E-state index is -5.08. The van der Waals surface area contributed by atoms with Gasteiger partial charge in [-0.3, -0.25) is 9.69 Å². The molecule has 3 amide bonds. The second-order valence-corrected chi connectivity index (χ2v) is 12.9. The van der Waals surface area contributed by atoms with Crippen LogP contribution in [0.15, 0.2) is 72.8 Å². The Morgan fingerprint density at radius 1 is 0.827 bits per heavy atom. The van der Waals surface area contributed by atoms with Gasteiger partial charge in [-0.15, -0.1) is 0 Å². The van der Waals surface area contributed by atoms with Crippen LogP contribution in [0.3, 0.4) is 0 Å². The number of urea groups is 1. The lowest BCUT2D eigenvalue weighted by Gasteiger charge is -2.22. The highest BCUT2D eigenvalue weighted by molar-refractivity contribution is 5.95. The Labute approximate surface area is 299 Å². The molecule has 15 heteroatoms. The van der Waals surface area contributed by atoms with Gasteiger partial charge < -0.3 is 36.0 Å². The quantitative estimate of drug-likeness (QED) is 0.137. The monoisotopic (exact) mass is 728 g/mol. The summed E-state index contributed by atoms with van der Waals surface area (Å²) in [6.45, 7) is 2.62. The highest BCUT2D eigenvalue weighted by Gasteiger charge is 2.38. The number of halogens is 3. The molecular weight excluding hydrogens is 685 g/mol. The molecule has 0 aromatic heterocycles. The van der Waals surface area contributed by atoms with E-state index in [9.17, 15) is 37.8 Å². The van der Waals surface area contributed by atoms with Crippen LogP contribution in [0.1, 0.15) is 60.0 Å². The van der Waals surface area contributed by atoms with E-state index in [2.05, 4.69) is 20.9 Å². The van der Waals surface area contributed by atoms with Crippen molar-refractivity contribution in [1.29, 1.82) is 0 Å². The van der Waals surface area contributed by atoms with E-state index in [1.165, 1.54) is 19.3 Å². The number of phenolic OH excluding ortho intramolecular Hbond substituents is 2. The SMILES string of the molecule is O=C(Nc1ccc(C(=O)OCC2CCCCC2)cc1)N[C@@H](Cc1ccc(O)cc1)C(=O)NC1CCN(Cc2ccc(O)cc2)C1.O=C(O)C(F)(F)F. The highest BCUT2D eigenvalue weighted by Crippen LogP contribution is 2.24. The average molecular weight is 729 g/mol. The Hall–Kier alpha value is -5.31. The summed E-state index contributed by atoms with van der Waals surface area (Å²) in [4.78, 5) is 50.1. The summed E-state index contributed by atoms with van der Waals surface area (Å²) >= 11 is 0. The number of likely N-dealkylation sites (tertiary alicyclic amines) is 1. The number of anilines is 1. The Balaban J connectivity index is 0.000000785. The van der Waals surface area contributed by atoms with E-state index in [1.807, 2.05) is 12.1 Å². The molecule has 6 N–H and O–H groups in total. The van der Waals surface area contributed by atoms with Gasteiger partial charge in [-0.2, -0.15) is 13.2 Å². The van der Waals surface area contributed by atoms with Crippen LogP contribution in [0.4, 0.5) is 23.7 Å². The van der Waals surface area contributed by atoms with Crippen LogP contribution in [0.25, 0.3) is 0 Å². The van der Waals surface area contributed by atoms with Gasteiger partial charge in [-0.05, 0) is 84.8 Å². The van der Waals surface area contributed by atoms with Gasteiger partial charge in [0, 0.05) is 37.8 Å². The Kier molecular flexibility index (Phi) is 14.3. The molecule has 1 aliphatic carbocycles. The smallest absolute Gasteiger partial charge is 0.490 e. The normalized spacial score (nSPS) is 16.9. The Morgan fingerprint density at radius 3 is 1.98 bits per heavy atom. The van der Waals surface area contributed by atoms with Crippen LogP contribution in [-0.2, 0) is 27.3 Å². The molecule has 1 saturated carbocycles. The summed E-state index contributed by atoms with van der Waals surface area (Å²) in [7, 11) is 0. The van der Waals surface area contributed by atoms with Gasteiger partial charge in [0.2, 0.25) is 5.91 Å². The summed E-state index contributed by atoms with van der Waals surface area (Å²) in [6.07, 6.45) is 1.73. The fourth-order valence-corrected chi connectivity index (χ4v) is 5.98. The third-order valence-corrected chi connectivity index (χ3v) is 8.76. The predicted octanol–water partition coefficient (Wildman–Crippen LogP) is 5.59. The molecule has 1 unspecified atom stereocenters. The van der Waals surface area contributed by atoms with Gasteiger partial charge in [-0.1, -0.05) is 43.5 Å². The number of benzene rings is 3. The number of hydrogen-bond donors (Lipinski definition) is 6. The first-order valence-corrected chi connectivity index (χ1v) is 17.0. The number of carboxylic acids is 1. The maximum atomic E-state index is 13.5. The third kappa shape index (κ3) is 13.1. The van der Waals surface area contributed by atoms with Crippen molar-refractivity contribution in [3.8, 4) is 11.5 Å². The first-order chi connectivity index (χ1) is 24.7. The van der Waals surface area contributed by atoms with Gasteiger partial charge in [0.25, 0.3) is 0 Å². The minimum Gasteiger partial charge on any atom is -0.508 e. The third-order valence-electron chi connectivity index (χ3n) is 8.76. The number of esters is 1. The van der Waals surface area contributed by atoms with Gasteiger partial charge in [0.1, 0.15) is 17.5 Å². The molecule has 1 heterocycles.